The van der Waals surface area contributed by atoms with E-state index >= 15 is 0 Å². The van der Waals surface area contributed by atoms with Gasteiger partial charge in [0.2, 0.25) is 17.7 Å². The molecule has 0 aliphatic heterocycles. The number of carboxylic acids is 2. The van der Waals surface area contributed by atoms with Crippen molar-refractivity contribution in [3.8, 4) is 5.75 Å². The van der Waals surface area contributed by atoms with Crippen LogP contribution in [-0.4, -0.2) is 81.7 Å². The molecule has 3 unspecified atom stereocenters. The van der Waals surface area contributed by atoms with E-state index in [9.17, 15) is 29.1 Å². The second-order valence-corrected chi connectivity index (χ2v) is 8.02. The summed E-state index contributed by atoms with van der Waals surface area (Å²) in [5, 5.41) is 34.5. The maximum Gasteiger partial charge on any atom is 0.326 e. The summed E-state index contributed by atoms with van der Waals surface area (Å²) in [6.45, 7) is -0.370. The molecule has 3 atom stereocenters. The third-order valence-corrected chi connectivity index (χ3v) is 5.09. The molecule has 1 aromatic rings. The van der Waals surface area contributed by atoms with Crippen molar-refractivity contribution in [3.63, 3.8) is 0 Å². The fourth-order valence-electron chi connectivity index (χ4n) is 2.75. The Morgan fingerprint density at radius 3 is 2.03 bits per heavy atom. The van der Waals surface area contributed by atoms with Crippen molar-refractivity contribution in [3.05, 3.63) is 29.8 Å². The van der Waals surface area contributed by atoms with E-state index in [-0.39, 0.29) is 25.1 Å². The van der Waals surface area contributed by atoms with E-state index in [1.807, 2.05) is 0 Å². The molecule has 13 heteroatoms. The number of carboxylic acid groups (broad SMARTS) is 2. The van der Waals surface area contributed by atoms with Crippen LogP contribution in [0.15, 0.2) is 24.3 Å². The van der Waals surface area contributed by atoms with E-state index in [0.29, 0.717) is 11.3 Å². The van der Waals surface area contributed by atoms with Crippen LogP contribution in [0.2, 0.25) is 0 Å². The van der Waals surface area contributed by atoms with Gasteiger partial charge in [0.1, 0.15) is 23.9 Å². The average Bonchev–Trinajstić information content (AvgIpc) is 2.76. The molecule has 182 valence electrons. The normalized spacial score (nSPS) is 13.3. The summed E-state index contributed by atoms with van der Waals surface area (Å²) in [5.41, 5.74) is 5.94. The second-order valence-electron chi connectivity index (χ2n) is 7.03. The number of phenols is 1. The number of carbonyl (C=O) groups is 5. The highest BCUT2D eigenvalue weighted by atomic mass is 32.2. The molecule has 8 N–H and O–H groups in total. The molecule has 0 aromatic heterocycles. The first-order valence-electron chi connectivity index (χ1n) is 9.89. The van der Waals surface area contributed by atoms with E-state index in [1.54, 1.807) is 18.4 Å². The van der Waals surface area contributed by atoms with Crippen molar-refractivity contribution >= 4 is 41.4 Å². The van der Waals surface area contributed by atoms with Crippen molar-refractivity contribution in [2.75, 3.05) is 18.6 Å². The zero-order chi connectivity index (χ0) is 25.0. The van der Waals surface area contributed by atoms with Crippen LogP contribution in [0.5, 0.6) is 5.75 Å². The van der Waals surface area contributed by atoms with Crippen LogP contribution >= 0.6 is 11.8 Å². The molecule has 0 fully saturated rings. The highest BCUT2D eigenvalue weighted by Gasteiger charge is 2.30. The molecule has 0 aliphatic rings. The van der Waals surface area contributed by atoms with Crippen molar-refractivity contribution < 1.29 is 39.3 Å². The monoisotopic (exact) mass is 484 g/mol. The molecule has 1 aromatic carbocycles. The fourth-order valence-corrected chi connectivity index (χ4v) is 3.23. The Balaban J connectivity index is 3.02. The maximum absolute atomic E-state index is 12.9. The van der Waals surface area contributed by atoms with Crippen molar-refractivity contribution in [1.29, 1.82) is 0 Å². The molecule has 0 bridgehead atoms. The molecule has 0 heterocycles. The third-order valence-electron chi connectivity index (χ3n) is 4.45. The quantitative estimate of drug-likeness (QED) is 0.165. The topological polar surface area (TPSA) is 208 Å². The molecule has 0 aliphatic carbocycles. The number of aliphatic carboxylic acids is 2. The summed E-state index contributed by atoms with van der Waals surface area (Å²) in [6.07, 6.45) is 1.11. The largest absolute Gasteiger partial charge is 0.508 e. The summed E-state index contributed by atoms with van der Waals surface area (Å²) < 4.78 is 0. The maximum atomic E-state index is 12.9. The van der Waals surface area contributed by atoms with E-state index < -0.39 is 54.2 Å². The highest BCUT2D eigenvalue weighted by Crippen LogP contribution is 2.12. The predicted octanol–water partition coefficient (Wildman–Crippen LogP) is -1.34. The lowest BCUT2D eigenvalue weighted by atomic mass is 10.0. The Hall–Kier alpha value is -3.32. The molecule has 0 saturated carbocycles. The number of thioether (sulfide) groups is 1. The van der Waals surface area contributed by atoms with Gasteiger partial charge in [-0.3, -0.25) is 19.2 Å². The smallest absolute Gasteiger partial charge is 0.326 e. The minimum Gasteiger partial charge on any atom is -0.508 e. The van der Waals surface area contributed by atoms with E-state index in [4.69, 9.17) is 15.9 Å². The number of aromatic hydroxyl groups is 1. The van der Waals surface area contributed by atoms with E-state index in [1.165, 1.54) is 23.9 Å². The highest BCUT2D eigenvalue weighted by molar-refractivity contribution is 7.98. The van der Waals surface area contributed by atoms with Crippen LogP contribution in [-0.2, 0) is 30.4 Å². The molecular formula is C20H28N4O8S. The first kappa shape index (κ1) is 27.7. The Morgan fingerprint density at radius 2 is 1.52 bits per heavy atom. The molecule has 0 radical (unpaired) electrons. The molecule has 1 rings (SSSR count). The Kier molecular flexibility index (Phi) is 11.7. The number of hydrogen-bond donors (Lipinski definition) is 7. The zero-order valence-corrected chi connectivity index (χ0v) is 18.8. The first-order chi connectivity index (χ1) is 15.6. The predicted molar refractivity (Wildman–Crippen MR) is 120 cm³/mol. The van der Waals surface area contributed by atoms with E-state index in [2.05, 4.69) is 16.0 Å². The molecule has 3 amide bonds. The Labute approximate surface area is 194 Å². The number of benzene rings is 1. The fraction of sp³-hybridized carbons (Fsp3) is 0.450. The standard InChI is InChI=1S/C20H28N4O8S/c1-33-7-6-13(18(29)24-15(20(31)32)9-17(27)28)23-19(30)14(22-16(26)10-21)8-11-2-4-12(25)5-3-11/h2-5,13-15,25H,6-10,21H2,1H3,(H,22,26)(H,23,30)(H,24,29)(H,27,28)(H,31,32). The molecule has 12 nitrogen and oxygen atoms in total. The van der Waals surface area contributed by atoms with Crippen LogP contribution in [0.25, 0.3) is 0 Å². The lowest BCUT2D eigenvalue weighted by Crippen LogP contribution is -2.57. The van der Waals surface area contributed by atoms with Gasteiger partial charge in [-0.15, -0.1) is 0 Å². The number of rotatable bonds is 14. The van der Waals surface area contributed by atoms with Crippen LogP contribution < -0.4 is 21.7 Å². The molecule has 0 saturated heterocycles. The summed E-state index contributed by atoms with van der Waals surface area (Å²) in [6, 6.07) is 2.00. The van der Waals surface area contributed by atoms with Gasteiger partial charge in [-0.1, -0.05) is 12.1 Å². The minimum atomic E-state index is -1.67. The number of nitrogens with one attached hydrogen (secondary N) is 3. The Bertz CT molecular complexity index is 849. The van der Waals surface area contributed by atoms with Gasteiger partial charge in [0.25, 0.3) is 0 Å². The summed E-state index contributed by atoms with van der Waals surface area (Å²) in [7, 11) is 0. The van der Waals surface area contributed by atoms with Crippen molar-refractivity contribution in [2.45, 2.75) is 37.4 Å². The van der Waals surface area contributed by atoms with Crippen LogP contribution in [0.3, 0.4) is 0 Å². The third kappa shape index (κ3) is 10.2. The molecular weight excluding hydrogens is 456 g/mol. The SMILES string of the molecule is CSCCC(NC(=O)C(Cc1ccc(O)cc1)NC(=O)CN)C(=O)NC(CC(=O)O)C(=O)O. The van der Waals surface area contributed by atoms with Crippen molar-refractivity contribution in [2.24, 2.45) is 5.73 Å². The second kappa shape index (κ2) is 14.0. The van der Waals surface area contributed by atoms with Gasteiger partial charge in [-0.25, -0.2) is 4.79 Å². The average molecular weight is 485 g/mol. The number of nitrogens with two attached hydrogens (primary N) is 1. The minimum absolute atomic E-state index is 0.0221. The van der Waals surface area contributed by atoms with Crippen LogP contribution in [0.1, 0.15) is 18.4 Å². The van der Waals surface area contributed by atoms with Crippen LogP contribution in [0, 0.1) is 0 Å². The van der Waals surface area contributed by atoms with Gasteiger partial charge < -0.3 is 37.0 Å². The Morgan fingerprint density at radius 1 is 0.939 bits per heavy atom. The van der Waals surface area contributed by atoms with Gasteiger partial charge in [-0.05, 0) is 36.1 Å². The van der Waals surface area contributed by atoms with Gasteiger partial charge >= 0.3 is 11.9 Å². The van der Waals surface area contributed by atoms with Gasteiger partial charge in [0.05, 0.1) is 13.0 Å². The van der Waals surface area contributed by atoms with Gasteiger partial charge in [0.15, 0.2) is 0 Å². The lowest BCUT2D eigenvalue weighted by molar-refractivity contribution is -0.147. The van der Waals surface area contributed by atoms with Gasteiger partial charge in [-0.2, -0.15) is 11.8 Å². The number of carbonyl (C=O) groups excluding carboxylic acids is 3. The summed E-state index contributed by atoms with van der Waals surface area (Å²) in [5.74, 6) is -4.66. The molecule has 33 heavy (non-hydrogen) atoms. The number of amides is 3. The van der Waals surface area contributed by atoms with E-state index in [0.717, 1.165) is 0 Å². The number of phenolic OH excluding ortho intramolecular Hbond substituents is 1. The van der Waals surface area contributed by atoms with Gasteiger partial charge in [0, 0.05) is 6.42 Å². The van der Waals surface area contributed by atoms with Crippen LogP contribution in [0.4, 0.5) is 0 Å². The molecule has 0 spiro atoms. The summed E-state index contributed by atoms with van der Waals surface area (Å²) in [4.78, 5) is 59.6. The number of hydrogen-bond acceptors (Lipinski definition) is 8. The van der Waals surface area contributed by atoms with Crippen molar-refractivity contribution in [1.82, 2.24) is 16.0 Å². The summed E-state index contributed by atoms with van der Waals surface area (Å²) >= 11 is 1.39. The lowest BCUT2D eigenvalue weighted by Gasteiger charge is -2.24. The first-order valence-corrected chi connectivity index (χ1v) is 11.3. The zero-order valence-electron chi connectivity index (χ0n) is 17.9.